The molecule has 10 heteroatoms. The Morgan fingerprint density at radius 2 is 2.06 bits per heavy atom. The molecular formula is C22H22FN7O2. The number of nitrogens with one attached hydrogen (secondary N) is 1. The van der Waals surface area contributed by atoms with Crippen LogP contribution in [0.4, 0.5) is 10.3 Å². The van der Waals surface area contributed by atoms with Gasteiger partial charge in [-0.15, -0.1) is 0 Å². The zero-order chi connectivity index (χ0) is 22.0. The van der Waals surface area contributed by atoms with Crippen molar-refractivity contribution < 1.29 is 14.3 Å². The van der Waals surface area contributed by atoms with Gasteiger partial charge >= 0.3 is 0 Å². The van der Waals surface area contributed by atoms with Gasteiger partial charge in [0, 0.05) is 31.6 Å². The van der Waals surface area contributed by atoms with Gasteiger partial charge in [-0.2, -0.15) is 5.10 Å². The summed E-state index contributed by atoms with van der Waals surface area (Å²) in [6, 6.07) is 4.68. The molecule has 0 spiro atoms. The van der Waals surface area contributed by atoms with Gasteiger partial charge < -0.3 is 19.5 Å². The fourth-order valence-electron chi connectivity index (χ4n) is 4.80. The lowest BCUT2D eigenvalue weighted by Crippen LogP contribution is -2.55. The van der Waals surface area contributed by atoms with Crippen LogP contribution in [0.1, 0.15) is 12.1 Å². The minimum atomic E-state index is -0.391. The van der Waals surface area contributed by atoms with E-state index in [1.54, 1.807) is 23.4 Å². The number of benzene rings is 1. The number of β-amino-alcohol motifs (C(OH)–C–C–N with tert-alkyl or cyclic N) is 1. The molecule has 1 amide bonds. The second-order valence-electron chi connectivity index (χ2n) is 8.60. The number of carbonyl (C=O) groups excluding carboxylic acids is 1. The van der Waals surface area contributed by atoms with Crippen LogP contribution in [0, 0.1) is 18.7 Å². The molecule has 0 bridgehead atoms. The first-order valence-electron chi connectivity index (χ1n) is 10.7. The summed E-state index contributed by atoms with van der Waals surface area (Å²) < 4.78 is 15.8. The minimum Gasteiger partial charge on any atom is -0.389 e. The van der Waals surface area contributed by atoms with Crippen LogP contribution in [0.3, 0.4) is 0 Å². The number of halogens is 1. The van der Waals surface area contributed by atoms with Gasteiger partial charge in [0.25, 0.3) is 0 Å². The van der Waals surface area contributed by atoms with Gasteiger partial charge in [0.2, 0.25) is 11.9 Å². The lowest BCUT2D eigenvalue weighted by molar-refractivity contribution is -0.145. The number of hydrogen-bond donors (Lipinski definition) is 2. The van der Waals surface area contributed by atoms with Gasteiger partial charge in [0.05, 0.1) is 52.3 Å². The van der Waals surface area contributed by atoms with E-state index in [2.05, 4.69) is 15.2 Å². The fraction of sp³-hybridized carbons (Fsp3) is 0.364. The van der Waals surface area contributed by atoms with Crippen molar-refractivity contribution in [1.29, 1.82) is 0 Å². The van der Waals surface area contributed by atoms with E-state index >= 15 is 0 Å². The predicted octanol–water partition coefficient (Wildman–Crippen LogP) is 1.77. The van der Waals surface area contributed by atoms with Crippen LogP contribution in [0.15, 0.2) is 30.6 Å². The molecular weight excluding hydrogens is 413 g/mol. The smallest absolute Gasteiger partial charge is 0.227 e. The predicted molar refractivity (Wildman–Crippen MR) is 116 cm³/mol. The molecule has 0 saturated carbocycles. The average molecular weight is 435 g/mol. The van der Waals surface area contributed by atoms with Crippen molar-refractivity contribution in [2.45, 2.75) is 19.4 Å². The zero-order valence-corrected chi connectivity index (χ0v) is 17.5. The number of aromatic nitrogens is 5. The molecule has 5 heterocycles. The Labute approximate surface area is 182 Å². The summed E-state index contributed by atoms with van der Waals surface area (Å²) in [6.07, 6.45) is 3.84. The number of likely N-dealkylation sites (tertiary alicyclic amines) is 1. The van der Waals surface area contributed by atoms with Crippen LogP contribution >= 0.6 is 0 Å². The molecule has 0 radical (unpaired) electrons. The van der Waals surface area contributed by atoms with Crippen molar-refractivity contribution in [3.05, 3.63) is 42.1 Å². The number of rotatable bonds is 3. The van der Waals surface area contributed by atoms with Gasteiger partial charge in [-0.1, -0.05) is 0 Å². The zero-order valence-electron chi connectivity index (χ0n) is 17.5. The number of aryl methyl sites for hydroxylation is 1. The molecule has 164 valence electrons. The number of aliphatic hydroxyl groups is 1. The molecule has 2 fully saturated rings. The molecule has 4 aromatic rings. The number of hydrogen-bond acceptors (Lipinski definition) is 6. The van der Waals surface area contributed by atoms with E-state index in [0.29, 0.717) is 32.1 Å². The molecule has 6 rings (SSSR count). The van der Waals surface area contributed by atoms with E-state index in [0.717, 1.165) is 39.7 Å². The van der Waals surface area contributed by atoms with Gasteiger partial charge in [-0.25, -0.2) is 14.4 Å². The van der Waals surface area contributed by atoms with Gasteiger partial charge in [0.15, 0.2) is 0 Å². The van der Waals surface area contributed by atoms with Crippen LogP contribution < -0.4 is 4.90 Å². The van der Waals surface area contributed by atoms with E-state index in [1.165, 1.54) is 12.1 Å². The standard InChI is InChI=1S/C22H22FN7O2/c1-12-18(30-17-3-2-14(23)6-16(17)20-19(30)8-25-27-20)7-24-22(26-12)28-5-4-13(9-28)21(32)29-10-15(31)11-29/h2-3,6-8,13,15,31H,4-5,9-11H2,1H3,(H,25,27). The number of H-pyrrole nitrogens is 1. The Morgan fingerprint density at radius 3 is 2.84 bits per heavy atom. The lowest BCUT2D eigenvalue weighted by Gasteiger charge is -2.37. The highest BCUT2D eigenvalue weighted by molar-refractivity contribution is 6.06. The third-order valence-corrected chi connectivity index (χ3v) is 6.50. The van der Waals surface area contributed by atoms with Gasteiger partial charge in [0.1, 0.15) is 5.82 Å². The van der Waals surface area contributed by atoms with Gasteiger partial charge in [-0.3, -0.25) is 9.89 Å². The number of aromatic amines is 1. The molecule has 2 N–H and O–H groups in total. The van der Waals surface area contributed by atoms with Crippen molar-refractivity contribution in [3.8, 4) is 5.69 Å². The Morgan fingerprint density at radius 1 is 1.22 bits per heavy atom. The fourth-order valence-corrected chi connectivity index (χ4v) is 4.80. The first kappa shape index (κ1) is 19.2. The lowest BCUT2D eigenvalue weighted by atomic mass is 10.0. The van der Waals surface area contributed by atoms with Crippen LogP contribution in [0.5, 0.6) is 0 Å². The summed E-state index contributed by atoms with van der Waals surface area (Å²) in [5.74, 6) is 0.288. The van der Waals surface area contributed by atoms with Crippen LogP contribution in [-0.4, -0.2) is 72.9 Å². The Balaban J connectivity index is 1.31. The highest BCUT2D eigenvalue weighted by Gasteiger charge is 2.37. The number of carbonyl (C=O) groups is 1. The largest absolute Gasteiger partial charge is 0.389 e. The Kier molecular flexibility index (Phi) is 4.19. The second kappa shape index (κ2) is 6.99. The third-order valence-electron chi connectivity index (χ3n) is 6.50. The molecule has 1 unspecified atom stereocenters. The maximum absolute atomic E-state index is 13.9. The summed E-state index contributed by atoms with van der Waals surface area (Å²) in [5.41, 5.74) is 4.01. The third kappa shape index (κ3) is 2.86. The van der Waals surface area contributed by atoms with Crippen molar-refractivity contribution in [1.82, 2.24) is 29.6 Å². The van der Waals surface area contributed by atoms with Crippen LogP contribution in [-0.2, 0) is 4.79 Å². The van der Waals surface area contributed by atoms with E-state index in [4.69, 9.17) is 4.98 Å². The van der Waals surface area contributed by atoms with Crippen LogP contribution in [0.2, 0.25) is 0 Å². The van der Waals surface area contributed by atoms with Crippen molar-refractivity contribution >= 4 is 33.8 Å². The van der Waals surface area contributed by atoms with E-state index in [-0.39, 0.29) is 17.6 Å². The van der Waals surface area contributed by atoms with Crippen molar-refractivity contribution in [2.75, 3.05) is 31.1 Å². The van der Waals surface area contributed by atoms with Crippen molar-refractivity contribution in [3.63, 3.8) is 0 Å². The number of nitrogens with zero attached hydrogens (tertiary/aromatic N) is 6. The molecule has 32 heavy (non-hydrogen) atoms. The number of anilines is 1. The quantitative estimate of drug-likeness (QED) is 0.509. The first-order valence-corrected chi connectivity index (χ1v) is 10.7. The number of aliphatic hydroxyl groups excluding tert-OH is 1. The molecule has 1 atom stereocenters. The monoisotopic (exact) mass is 435 g/mol. The van der Waals surface area contributed by atoms with Crippen molar-refractivity contribution in [2.24, 2.45) is 5.92 Å². The summed E-state index contributed by atoms with van der Waals surface area (Å²) in [4.78, 5) is 25.7. The highest BCUT2D eigenvalue weighted by atomic mass is 19.1. The maximum atomic E-state index is 13.9. The first-order chi connectivity index (χ1) is 15.5. The average Bonchev–Trinajstić information content (AvgIpc) is 3.48. The highest BCUT2D eigenvalue weighted by Crippen LogP contribution is 2.32. The van der Waals surface area contributed by atoms with Crippen LogP contribution in [0.25, 0.3) is 27.6 Å². The van der Waals surface area contributed by atoms with E-state index in [1.807, 2.05) is 16.4 Å². The summed E-state index contributed by atoms with van der Waals surface area (Å²) >= 11 is 0. The molecule has 1 aromatic carbocycles. The minimum absolute atomic E-state index is 0.0968. The molecule has 9 nitrogen and oxygen atoms in total. The Hall–Kier alpha value is -3.53. The molecule has 0 aliphatic carbocycles. The molecule has 2 saturated heterocycles. The summed E-state index contributed by atoms with van der Waals surface area (Å²) in [7, 11) is 0. The van der Waals surface area contributed by atoms with E-state index in [9.17, 15) is 14.3 Å². The number of fused-ring (bicyclic) bond motifs is 3. The number of amides is 1. The van der Waals surface area contributed by atoms with E-state index < -0.39 is 6.10 Å². The molecule has 2 aliphatic heterocycles. The second-order valence-corrected chi connectivity index (χ2v) is 8.60. The topological polar surface area (TPSA) is 103 Å². The summed E-state index contributed by atoms with van der Waals surface area (Å²) in [6.45, 7) is 4.06. The summed E-state index contributed by atoms with van der Waals surface area (Å²) in [5, 5.41) is 17.3. The molecule has 3 aromatic heterocycles. The maximum Gasteiger partial charge on any atom is 0.227 e. The Bertz CT molecular complexity index is 1360. The molecule has 2 aliphatic rings. The van der Waals surface area contributed by atoms with Gasteiger partial charge in [-0.05, 0) is 31.5 Å². The SMILES string of the molecule is Cc1nc(N2CCC(C(=O)N3CC(O)C3)C2)ncc1-n1c2ccc(F)cc2c2[nH]ncc21. The normalized spacial score (nSPS) is 19.3.